The molecule has 0 radical (unpaired) electrons. The first-order valence-corrected chi connectivity index (χ1v) is 11.2. The maximum Gasteiger partial charge on any atom is 0.153 e. The molecule has 0 bridgehead atoms. The van der Waals surface area contributed by atoms with Crippen molar-refractivity contribution < 1.29 is 9.13 Å². The van der Waals surface area contributed by atoms with Crippen LogP contribution in [0.25, 0.3) is 21.8 Å². The van der Waals surface area contributed by atoms with Crippen molar-refractivity contribution in [1.82, 2.24) is 25.1 Å². The van der Waals surface area contributed by atoms with Crippen molar-refractivity contribution in [1.29, 1.82) is 0 Å². The van der Waals surface area contributed by atoms with Crippen LogP contribution in [0.5, 0.6) is 5.75 Å². The highest BCUT2D eigenvalue weighted by molar-refractivity contribution is 5.98. The Hall–Kier alpha value is -3.46. The number of benzene rings is 2. The lowest BCUT2D eigenvalue weighted by atomic mass is 10.1. The number of fused-ring (bicyclic) bond motifs is 2. The van der Waals surface area contributed by atoms with Crippen LogP contribution in [0, 0.1) is 5.82 Å². The second-order valence-electron chi connectivity index (χ2n) is 8.69. The second-order valence-corrected chi connectivity index (χ2v) is 8.69. The maximum atomic E-state index is 14.6. The number of hydrogen-bond acceptors (Lipinski definition) is 7. The van der Waals surface area contributed by atoms with E-state index in [-0.39, 0.29) is 5.82 Å². The highest BCUT2D eigenvalue weighted by Gasteiger charge is 2.23. The summed E-state index contributed by atoms with van der Waals surface area (Å²) in [6, 6.07) is 8.19. The Labute approximate surface area is 191 Å². The van der Waals surface area contributed by atoms with Gasteiger partial charge >= 0.3 is 0 Å². The van der Waals surface area contributed by atoms with Gasteiger partial charge < -0.3 is 20.3 Å². The summed E-state index contributed by atoms with van der Waals surface area (Å²) in [6.45, 7) is 8.66. The highest BCUT2D eigenvalue weighted by Crippen LogP contribution is 2.36. The summed E-state index contributed by atoms with van der Waals surface area (Å²) in [7, 11) is 1.77. The van der Waals surface area contributed by atoms with E-state index in [0.29, 0.717) is 46.8 Å². The fourth-order valence-corrected chi connectivity index (χ4v) is 4.65. The third-order valence-electron chi connectivity index (χ3n) is 5.85. The number of nitrogens with one attached hydrogen (secondary N) is 2. The van der Waals surface area contributed by atoms with Crippen molar-refractivity contribution in [3.05, 3.63) is 42.6 Å². The van der Waals surface area contributed by atoms with E-state index in [1.807, 2.05) is 13.0 Å². The lowest BCUT2D eigenvalue weighted by molar-refractivity contribution is 0.344. The van der Waals surface area contributed by atoms with Crippen molar-refractivity contribution in [3.8, 4) is 5.75 Å². The summed E-state index contributed by atoms with van der Waals surface area (Å²) >= 11 is 0. The molecule has 2 N–H and O–H groups in total. The van der Waals surface area contributed by atoms with Gasteiger partial charge in [-0.1, -0.05) is 0 Å². The molecule has 5 rings (SSSR count). The molecule has 0 spiro atoms. The molecule has 2 aromatic carbocycles. The number of piperazine rings is 1. The number of anilines is 3. The third kappa shape index (κ3) is 4.16. The quantitative estimate of drug-likeness (QED) is 0.477. The number of halogens is 1. The van der Waals surface area contributed by atoms with Gasteiger partial charge in [0.05, 0.1) is 17.5 Å². The van der Waals surface area contributed by atoms with Crippen LogP contribution in [0.15, 0.2) is 36.8 Å². The Morgan fingerprint density at radius 2 is 1.94 bits per heavy atom. The average Bonchev–Trinajstić information content (AvgIpc) is 3.14. The van der Waals surface area contributed by atoms with Crippen LogP contribution in [0.1, 0.15) is 20.8 Å². The molecule has 1 saturated heterocycles. The molecule has 1 aliphatic heterocycles. The van der Waals surface area contributed by atoms with Crippen molar-refractivity contribution in [2.75, 3.05) is 29.9 Å². The summed E-state index contributed by atoms with van der Waals surface area (Å²) in [5.74, 6) is 0.887. The molecule has 3 heterocycles. The first-order chi connectivity index (χ1) is 15.9. The largest absolute Gasteiger partial charge is 0.493 e. The number of ether oxygens (including phenoxy) is 1. The Kier molecular flexibility index (Phi) is 5.49. The van der Waals surface area contributed by atoms with Crippen LogP contribution >= 0.6 is 0 Å². The van der Waals surface area contributed by atoms with Crippen LogP contribution in [-0.2, 0) is 7.05 Å². The van der Waals surface area contributed by atoms with Crippen LogP contribution < -0.4 is 20.3 Å². The molecular formula is C24H28FN7O. The van der Waals surface area contributed by atoms with Crippen LogP contribution in [-0.4, -0.2) is 51.5 Å². The van der Waals surface area contributed by atoms with E-state index in [1.165, 1.54) is 12.4 Å². The Morgan fingerprint density at radius 3 is 2.70 bits per heavy atom. The van der Waals surface area contributed by atoms with Gasteiger partial charge in [0, 0.05) is 61.2 Å². The van der Waals surface area contributed by atoms with E-state index in [4.69, 9.17) is 4.74 Å². The van der Waals surface area contributed by atoms with E-state index in [2.05, 4.69) is 56.6 Å². The minimum atomic E-state index is -0.386. The summed E-state index contributed by atoms with van der Waals surface area (Å²) in [5, 5.41) is 12.5. The van der Waals surface area contributed by atoms with Gasteiger partial charge in [-0.15, -0.1) is 0 Å². The van der Waals surface area contributed by atoms with Gasteiger partial charge in [-0.05, 0) is 39.0 Å². The molecule has 8 nitrogen and oxygen atoms in total. The lowest BCUT2D eigenvalue weighted by Crippen LogP contribution is -2.54. The fourth-order valence-electron chi connectivity index (χ4n) is 4.65. The summed E-state index contributed by atoms with van der Waals surface area (Å²) < 4.78 is 22.2. The van der Waals surface area contributed by atoms with E-state index >= 15 is 0 Å². The monoisotopic (exact) mass is 449 g/mol. The van der Waals surface area contributed by atoms with Crippen molar-refractivity contribution in [2.45, 2.75) is 32.9 Å². The minimum Gasteiger partial charge on any atom is -0.493 e. The topological polar surface area (TPSA) is 80.1 Å². The van der Waals surface area contributed by atoms with Gasteiger partial charge in [-0.3, -0.25) is 4.68 Å². The van der Waals surface area contributed by atoms with E-state index in [9.17, 15) is 4.39 Å². The Bertz CT molecular complexity index is 1310. The number of aromatic nitrogens is 4. The first kappa shape index (κ1) is 21.4. The number of hydrogen-bond donors (Lipinski definition) is 2. The molecule has 0 unspecified atom stereocenters. The highest BCUT2D eigenvalue weighted by atomic mass is 19.1. The number of nitrogens with zero attached hydrogens (tertiary/aromatic N) is 5. The van der Waals surface area contributed by atoms with Gasteiger partial charge in [0.2, 0.25) is 0 Å². The van der Waals surface area contributed by atoms with Crippen molar-refractivity contribution >= 4 is 39.0 Å². The van der Waals surface area contributed by atoms with E-state index < -0.39 is 0 Å². The maximum absolute atomic E-state index is 14.6. The Morgan fingerprint density at radius 1 is 1.15 bits per heavy atom. The van der Waals surface area contributed by atoms with Crippen molar-refractivity contribution in [3.63, 3.8) is 0 Å². The average molecular weight is 450 g/mol. The molecule has 2 aromatic heterocycles. The van der Waals surface area contributed by atoms with Crippen LogP contribution in [0.3, 0.4) is 0 Å². The third-order valence-corrected chi connectivity index (χ3v) is 5.85. The SMILES string of the molecule is CCOc1cc(N2C[C@@H](C)N[C@H](C)C2)cc2ncnc(Nc3cc(F)c4nn(C)cc4c3)c12. The van der Waals surface area contributed by atoms with E-state index in [1.54, 1.807) is 17.9 Å². The summed E-state index contributed by atoms with van der Waals surface area (Å²) in [5.41, 5.74) is 2.77. The molecule has 4 aromatic rings. The Balaban J connectivity index is 1.57. The van der Waals surface area contributed by atoms with E-state index in [0.717, 1.165) is 29.7 Å². The van der Waals surface area contributed by atoms with Crippen LogP contribution in [0.2, 0.25) is 0 Å². The van der Waals surface area contributed by atoms with Gasteiger partial charge in [0.25, 0.3) is 0 Å². The molecule has 1 fully saturated rings. The minimum absolute atomic E-state index is 0.342. The second kappa shape index (κ2) is 8.47. The van der Waals surface area contributed by atoms with Crippen LogP contribution in [0.4, 0.5) is 21.6 Å². The van der Waals surface area contributed by atoms with Crippen molar-refractivity contribution in [2.24, 2.45) is 7.05 Å². The summed E-state index contributed by atoms with van der Waals surface area (Å²) in [6.07, 6.45) is 3.31. The standard InChI is InChI=1S/C24H28FN7O/c1-5-33-21-9-18(32-10-14(2)28-15(3)11-32)8-20-22(21)24(27-13-26-20)29-17-6-16-12-31(4)30-23(16)19(25)7-17/h6-9,12-15,28H,5,10-11H2,1-4H3,(H,26,27,29)/t14-,15-/m1/s1. The molecular weight excluding hydrogens is 421 g/mol. The zero-order valence-electron chi connectivity index (χ0n) is 19.3. The molecule has 1 aliphatic rings. The zero-order chi connectivity index (χ0) is 23.1. The molecule has 2 atom stereocenters. The first-order valence-electron chi connectivity index (χ1n) is 11.2. The fraction of sp³-hybridized carbons (Fsp3) is 0.375. The normalized spacial score (nSPS) is 18.8. The number of aryl methyl sites for hydroxylation is 1. The lowest BCUT2D eigenvalue weighted by Gasteiger charge is -2.38. The van der Waals surface area contributed by atoms with Gasteiger partial charge in [0.15, 0.2) is 5.82 Å². The van der Waals surface area contributed by atoms with Gasteiger partial charge in [0.1, 0.15) is 23.4 Å². The zero-order valence-corrected chi connectivity index (χ0v) is 19.3. The predicted molar refractivity (Wildman–Crippen MR) is 129 cm³/mol. The summed E-state index contributed by atoms with van der Waals surface area (Å²) in [4.78, 5) is 11.3. The predicted octanol–water partition coefficient (Wildman–Crippen LogP) is 3.98. The smallest absolute Gasteiger partial charge is 0.153 e. The van der Waals surface area contributed by atoms with Gasteiger partial charge in [-0.2, -0.15) is 5.10 Å². The molecule has 172 valence electrons. The molecule has 0 saturated carbocycles. The molecule has 0 amide bonds. The molecule has 33 heavy (non-hydrogen) atoms. The molecule has 0 aliphatic carbocycles. The number of rotatable bonds is 5. The molecule has 9 heteroatoms. The van der Waals surface area contributed by atoms with Gasteiger partial charge in [-0.25, -0.2) is 14.4 Å².